The second-order valence-corrected chi connectivity index (χ2v) is 6.92. The van der Waals surface area contributed by atoms with Gasteiger partial charge in [0.1, 0.15) is 0 Å². The Morgan fingerprint density at radius 1 is 1.16 bits per heavy atom. The summed E-state index contributed by atoms with van der Waals surface area (Å²) in [7, 11) is 2.13. The monoisotopic (exact) mass is 358 g/mol. The van der Waals surface area contributed by atoms with Gasteiger partial charge in [0.25, 0.3) is 5.91 Å². The summed E-state index contributed by atoms with van der Waals surface area (Å²) in [6.07, 6.45) is 0. The quantitative estimate of drug-likeness (QED) is 0.827. The molecule has 1 aliphatic heterocycles. The topological polar surface area (TPSA) is 61.6 Å². The first kappa shape index (κ1) is 17.6. The second kappa shape index (κ2) is 7.33. The smallest absolute Gasteiger partial charge is 0.255 e. The third kappa shape index (κ3) is 4.06. The van der Waals surface area contributed by atoms with Crippen molar-refractivity contribution in [2.24, 2.45) is 0 Å². The number of amides is 1. The number of nitrogens with two attached hydrogens (primary N) is 1. The van der Waals surface area contributed by atoms with E-state index in [9.17, 15) is 4.79 Å². The largest absolute Gasteiger partial charge is 0.397 e. The number of anilines is 3. The van der Waals surface area contributed by atoms with Crippen LogP contribution < -0.4 is 16.0 Å². The van der Waals surface area contributed by atoms with Gasteiger partial charge in [-0.1, -0.05) is 17.7 Å². The average Bonchev–Trinajstić information content (AvgIpc) is 2.58. The number of rotatable bonds is 3. The molecule has 2 aromatic rings. The molecule has 1 aliphatic rings. The number of nitrogens with zero attached hydrogens (tertiary/aromatic N) is 2. The molecular weight excluding hydrogens is 336 g/mol. The minimum absolute atomic E-state index is 0.220. The van der Waals surface area contributed by atoms with Crippen molar-refractivity contribution in [2.75, 3.05) is 49.2 Å². The third-order valence-corrected chi connectivity index (χ3v) is 4.78. The van der Waals surface area contributed by atoms with E-state index in [-0.39, 0.29) is 5.91 Å². The van der Waals surface area contributed by atoms with E-state index in [0.717, 1.165) is 37.4 Å². The molecule has 3 N–H and O–H groups in total. The summed E-state index contributed by atoms with van der Waals surface area (Å²) < 4.78 is 0. The molecule has 0 atom stereocenters. The molecule has 6 heteroatoms. The molecule has 1 heterocycles. The van der Waals surface area contributed by atoms with E-state index in [0.29, 0.717) is 22.0 Å². The molecule has 3 rings (SSSR count). The Morgan fingerprint density at radius 2 is 1.88 bits per heavy atom. The fraction of sp³-hybridized carbons (Fsp3) is 0.316. The number of halogens is 1. The Balaban J connectivity index is 1.84. The van der Waals surface area contributed by atoms with Crippen LogP contribution >= 0.6 is 11.6 Å². The first-order chi connectivity index (χ1) is 11.9. The molecule has 0 aliphatic carbocycles. The molecule has 0 saturated carbocycles. The summed E-state index contributed by atoms with van der Waals surface area (Å²) in [5, 5.41) is 3.44. The Morgan fingerprint density at radius 3 is 2.56 bits per heavy atom. The minimum Gasteiger partial charge on any atom is -0.397 e. The summed E-state index contributed by atoms with van der Waals surface area (Å²) in [5.41, 5.74) is 10.1. The van der Waals surface area contributed by atoms with Crippen LogP contribution in [0, 0.1) is 6.92 Å². The Hall–Kier alpha value is -2.24. The minimum atomic E-state index is -0.220. The first-order valence-electron chi connectivity index (χ1n) is 8.34. The zero-order valence-corrected chi connectivity index (χ0v) is 15.3. The number of hydrogen-bond donors (Lipinski definition) is 2. The van der Waals surface area contributed by atoms with E-state index >= 15 is 0 Å². The molecule has 1 amide bonds. The number of benzene rings is 2. The van der Waals surface area contributed by atoms with Crippen molar-refractivity contribution < 1.29 is 4.79 Å². The van der Waals surface area contributed by atoms with Crippen molar-refractivity contribution in [3.05, 3.63) is 52.5 Å². The number of likely N-dealkylation sites (N-methyl/N-ethyl adjacent to an activating group) is 1. The molecule has 25 heavy (non-hydrogen) atoms. The summed E-state index contributed by atoms with van der Waals surface area (Å²) in [6.45, 7) is 6.01. The fourth-order valence-corrected chi connectivity index (χ4v) is 3.23. The second-order valence-electron chi connectivity index (χ2n) is 6.48. The first-order valence-corrected chi connectivity index (χ1v) is 8.72. The Kier molecular flexibility index (Phi) is 5.16. The van der Waals surface area contributed by atoms with Crippen molar-refractivity contribution in [3.63, 3.8) is 0 Å². The number of aryl methyl sites for hydroxylation is 1. The maximum atomic E-state index is 12.5. The van der Waals surface area contributed by atoms with Crippen LogP contribution in [0.15, 0.2) is 36.4 Å². The molecule has 1 fully saturated rings. The van der Waals surface area contributed by atoms with Gasteiger partial charge < -0.3 is 20.9 Å². The summed E-state index contributed by atoms with van der Waals surface area (Å²) in [5.74, 6) is -0.220. The SMILES string of the molecule is Cc1cc(N)c(NC(=O)c2cccc(Cl)c2)cc1N1CCN(C)CC1. The predicted octanol–water partition coefficient (Wildman–Crippen LogP) is 3.23. The van der Waals surface area contributed by atoms with Gasteiger partial charge in [-0.15, -0.1) is 0 Å². The Labute approximate surface area is 153 Å². The van der Waals surface area contributed by atoms with Crippen LogP contribution in [0.3, 0.4) is 0 Å². The van der Waals surface area contributed by atoms with Gasteiger partial charge in [-0.3, -0.25) is 4.79 Å². The number of piperazine rings is 1. The van der Waals surface area contributed by atoms with Gasteiger partial charge in [0.05, 0.1) is 11.4 Å². The van der Waals surface area contributed by atoms with E-state index in [1.165, 1.54) is 0 Å². The van der Waals surface area contributed by atoms with Gasteiger partial charge >= 0.3 is 0 Å². The lowest BCUT2D eigenvalue weighted by atomic mass is 10.1. The van der Waals surface area contributed by atoms with E-state index in [2.05, 4.69) is 22.2 Å². The van der Waals surface area contributed by atoms with Crippen LogP contribution in [-0.4, -0.2) is 44.0 Å². The molecule has 2 aromatic carbocycles. The zero-order valence-electron chi connectivity index (χ0n) is 14.6. The van der Waals surface area contributed by atoms with Gasteiger partial charge in [0, 0.05) is 42.5 Å². The lowest BCUT2D eigenvalue weighted by Gasteiger charge is -2.35. The molecule has 0 spiro atoms. The van der Waals surface area contributed by atoms with Crippen LogP contribution in [0.25, 0.3) is 0 Å². The molecule has 0 unspecified atom stereocenters. The molecule has 1 saturated heterocycles. The van der Waals surface area contributed by atoms with Crippen LogP contribution in [-0.2, 0) is 0 Å². The molecule has 0 radical (unpaired) electrons. The molecule has 132 valence electrons. The normalized spacial score (nSPS) is 15.2. The summed E-state index contributed by atoms with van der Waals surface area (Å²) in [4.78, 5) is 17.1. The van der Waals surface area contributed by atoms with Crippen LogP contribution in [0.2, 0.25) is 5.02 Å². The lowest BCUT2D eigenvalue weighted by Crippen LogP contribution is -2.44. The standard InChI is InChI=1S/C19H23ClN4O/c1-13-10-16(21)17(12-18(13)24-8-6-23(2)7-9-24)22-19(25)14-4-3-5-15(20)11-14/h3-5,10-12H,6-9,21H2,1-2H3,(H,22,25). The Bertz CT molecular complexity index is 785. The van der Waals surface area contributed by atoms with Gasteiger partial charge in [-0.05, 0) is 49.9 Å². The van der Waals surface area contributed by atoms with Crippen molar-refractivity contribution >= 4 is 34.6 Å². The van der Waals surface area contributed by atoms with Crippen molar-refractivity contribution in [1.29, 1.82) is 0 Å². The highest BCUT2D eigenvalue weighted by Gasteiger charge is 2.18. The predicted molar refractivity (Wildman–Crippen MR) is 105 cm³/mol. The summed E-state index contributed by atoms with van der Waals surface area (Å²) >= 11 is 5.97. The third-order valence-electron chi connectivity index (χ3n) is 4.55. The maximum absolute atomic E-state index is 12.5. The van der Waals surface area contributed by atoms with Crippen LogP contribution in [0.1, 0.15) is 15.9 Å². The number of carbonyl (C=O) groups excluding carboxylic acids is 1. The summed E-state index contributed by atoms with van der Waals surface area (Å²) in [6, 6.07) is 10.8. The van der Waals surface area contributed by atoms with E-state index in [1.807, 2.05) is 19.1 Å². The highest BCUT2D eigenvalue weighted by molar-refractivity contribution is 6.31. The van der Waals surface area contributed by atoms with Gasteiger partial charge in [0.15, 0.2) is 0 Å². The number of hydrogen-bond acceptors (Lipinski definition) is 4. The molecular formula is C19H23ClN4O. The van der Waals surface area contributed by atoms with E-state index in [4.69, 9.17) is 17.3 Å². The molecule has 5 nitrogen and oxygen atoms in total. The lowest BCUT2D eigenvalue weighted by molar-refractivity contribution is 0.102. The van der Waals surface area contributed by atoms with Crippen molar-refractivity contribution in [3.8, 4) is 0 Å². The number of nitrogen functional groups attached to an aromatic ring is 1. The van der Waals surface area contributed by atoms with Gasteiger partial charge in [-0.2, -0.15) is 0 Å². The van der Waals surface area contributed by atoms with Gasteiger partial charge in [0.2, 0.25) is 0 Å². The maximum Gasteiger partial charge on any atom is 0.255 e. The fourth-order valence-electron chi connectivity index (χ4n) is 3.04. The van der Waals surface area contributed by atoms with Crippen LogP contribution in [0.5, 0.6) is 0 Å². The van der Waals surface area contributed by atoms with E-state index in [1.54, 1.807) is 24.3 Å². The highest BCUT2D eigenvalue weighted by atomic mass is 35.5. The number of nitrogens with one attached hydrogen (secondary N) is 1. The molecule has 0 bridgehead atoms. The average molecular weight is 359 g/mol. The van der Waals surface area contributed by atoms with Crippen molar-refractivity contribution in [2.45, 2.75) is 6.92 Å². The zero-order chi connectivity index (χ0) is 18.0. The highest BCUT2D eigenvalue weighted by Crippen LogP contribution is 2.31. The van der Waals surface area contributed by atoms with E-state index < -0.39 is 0 Å². The van der Waals surface area contributed by atoms with Gasteiger partial charge in [-0.25, -0.2) is 0 Å². The number of carbonyl (C=O) groups is 1. The van der Waals surface area contributed by atoms with Crippen LogP contribution in [0.4, 0.5) is 17.1 Å². The molecule has 0 aromatic heterocycles. The van der Waals surface area contributed by atoms with Crippen molar-refractivity contribution in [1.82, 2.24) is 4.90 Å².